The van der Waals surface area contributed by atoms with Crippen molar-refractivity contribution in [2.24, 2.45) is 0 Å². The quantitative estimate of drug-likeness (QED) is 0.906. The third-order valence-electron chi connectivity index (χ3n) is 3.29. The summed E-state index contributed by atoms with van der Waals surface area (Å²) in [6.45, 7) is 5.83. The summed E-state index contributed by atoms with van der Waals surface area (Å²) in [5.41, 5.74) is 1.02. The Morgan fingerprint density at radius 2 is 2.17 bits per heavy atom. The van der Waals surface area contributed by atoms with Crippen LogP contribution in [0.15, 0.2) is 18.2 Å². The Morgan fingerprint density at radius 3 is 2.89 bits per heavy atom. The van der Waals surface area contributed by atoms with Crippen LogP contribution in [0.2, 0.25) is 10.0 Å². The Hall–Kier alpha value is -0.280. The first-order valence-electron chi connectivity index (χ1n) is 6.27. The SMILES string of the molecule is CC1(C)CC(NCc2cc(Cl)ccc2Cl)CCO1. The third kappa shape index (κ3) is 3.86. The van der Waals surface area contributed by atoms with E-state index in [9.17, 15) is 0 Å². The Kier molecular flexibility index (Phi) is 4.54. The van der Waals surface area contributed by atoms with Gasteiger partial charge in [0.15, 0.2) is 0 Å². The van der Waals surface area contributed by atoms with Crippen LogP contribution in [0, 0.1) is 0 Å². The summed E-state index contributed by atoms with van der Waals surface area (Å²) >= 11 is 12.1. The highest BCUT2D eigenvalue weighted by Gasteiger charge is 2.28. The fourth-order valence-corrected chi connectivity index (χ4v) is 2.72. The van der Waals surface area contributed by atoms with Crippen LogP contribution in [0.3, 0.4) is 0 Å². The maximum absolute atomic E-state index is 6.15. The van der Waals surface area contributed by atoms with Crippen molar-refractivity contribution < 1.29 is 4.74 Å². The highest BCUT2D eigenvalue weighted by molar-refractivity contribution is 6.33. The zero-order valence-corrected chi connectivity index (χ0v) is 12.3. The molecule has 18 heavy (non-hydrogen) atoms. The first kappa shape index (κ1) is 14.1. The molecule has 0 aliphatic carbocycles. The molecule has 0 aromatic heterocycles. The van der Waals surface area contributed by atoms with Gasteiger partial charge in [0, 0.05) is 29.2 Å². The Labute approximate surface area is 119 Å². The standard InChI is InChI=1S/C14H19Cl2NO/c1-14(2)8-12(5-6-18-14)17-9-10-7-11(15)3-4-13(10)16/h3-4,7,12,17H,5-6,8-9H2,1-2H3. The van der Waals surface area contributed by atoms with Crippen LogP contribution in [0.4, 0.5) is 0 Å². The average Bonchev–Trinajstić information content (AvgIpc) is 2.29. The summed E-state index contributed by atoms with van der Waals surface area (Å²) in [4.78, 5) is 0. The molecule has 2 nitrogen and oxygen atoms in total. The molecule has 1 aromatic carbocycles. The molecule has 1 saturated heterocycles. The lowest BCUT2D eigenvalue weighted by Gasteiger charge is -2.36. The fourth-order valence-electron chi connectivity index (χ4n) is 2.34. The summed E-state index contributed by atoms with van der Waals surface area (Å²) in [7, 11) is 0. The smallest absolute Gasteiger partial charge is 0.0641 e. The lowest BCUT2D eigenvalue weighted by molar-refractivity contribution is -0.0630. The van der Waals surface area contributed by atoms with E-state index in [1.54, 1.807) is 0 Å². The molecule has 0 saturated carbocycles. The predicted molar refractivity (Wildman–Crippen MR) is 76.4 cm³/mol. The zero-order valence-electron chi connectivity index (χ0n) is 10.8. The van der Waals surface area contributed by atoms with E-state index in [2.05, 4.69) is 19.2 Å². The van der Waals surface area contributed by atoms with Gasteiger partial charge in [0.05, 0.1) is 5.60 Å². The number of hydrogen-bond donors (Lipinski definition) is 1. The van der Waals surface area contributed by atoms with Crippen LogP contribution in [0.5, 0.6) is 0 Å². The lowest BCUT2D eigenvalue weighted by Crippen LogP contribution is -2.43. The molecule has 0 bridgehead atoms. The summed E-state index contributed by atoms with van der Waals surface area (Å²) in [6, 6.07) is 6.05. The van der Waals surface area contributed by atoms with Crippen molar-refractivity contribution in [1.29, 1.82) is 0 Å². The van der Waals surface area contributed by atoms with Gasteiger partial charge in [0.1, 0.15) is 0 Å². The fraction of sp³-hybridized carbons (Fsp3) is 0.571. The second kappa shape index (κ2) is 5.79. The van der Waals surface area contributed by atoms with Crippen LogP contribution >= 0.6 is 23.2 Å². The zero-order chi connectivity index (χ0) is 13.2. The number of benzene rings is 1. The molecular weight excluding hydrogens is 269 g/mol. The van der Waals surface area contributed by atoms with E-state index in [1.165, 1.54) is 0 Å². The van der Waals surface area contributed by atoms with Gasteiger partial charge in [-0.25, -0.2) is 0 Å². The van der Waals surface area contributed by atoms with Gasteiger partial charge in [-0.3, -0.25) is 0 Å². The van der Waals surface area contributed by atoms with Crippen molar-refractivity contribution in [3.63, 3.8) is 0 Å². The lowest BCUT2D eigenvalue weighted by atomic mass is 9.94. The molecule has 100 valence electrons. The number of ether oxygens (including phenoxy) is 1. The first-order valence-corrected chi connectivity index (χ1v) is 7.03. The number of nitrogens with one attached hydrogen (secondary N) is 1. The monoisotopic (exact) mass is 287 g/mol. The molecular formula is C14H19Cl2NO. The largest absolute Gasteiger partial charge is 0.375 e. The van der Waals surface area contributed by atoms with Gasteiger partial charge in [0.2, 0.25) is 0 Å². The minimum Gasteiger partial charge on any atom is -0.375 e. The topological polar surface area (TPSA) is 21.3 Å². The van der Waals surface area contributed by atoms with Gasteiger partial charge in [-0.15, -0.1) is 0 Å². The Balaban J connectivity index is 1.93. The van der Waals surface area contributed by atoms with Crippen molar-refractivity contribution >= 4 is 23.2 Å². The van der Waals surface area contributed by atoms with E-state index in [0.717, 1.165) is 41.6 Å². The highest BCUT2D eigenvalue weighted by atomic mass is 35.5. The number of halogens is 2. The Morgan fingerprint density at radius 1 is 1.39 bits per heavy atom. The molecule has 1 N–H and O–H groups in total. The van der Waals surface area contributed by atoms with E-state index < -0.39 is 0 Å². The highest BCUT2D eigenvalue weighted by Crippen LogP contribution is 2.25. The minimum absolute atomic E-state index is 0.0337. The predicted octanol–water partition coefficient (Wildman–Crippen LogP) is 4.04. The van der Waals surface area contributed by atoms with Crippen molar-refractivity contribution in [2.75, 3.05) is 6.61 Å². The van der Waals surface area contributed by atoms with E-state index in [0.29, 0.717) is 6.04 Å². The van der Waals surface area contributed by atoms with Gasteiger partial charge in [-0.2, -0.15) is 0 Å². The second-order valence-electron chi connectivity index (χ2n) is 5.41. The molecule has 4 heteroatoms. The number of rotatable bonds is 3. The van der Waals surface area contributed by atoms with Crippen molar-refractivity contribution in [1.82, 2.24) is 5.32 Å². The molecule has 1 fully saturated rings. The van der Waals surface area contributed by atoms with E-state index in [-0.39, 0.29) is 5.60 Å². The van der Waals surface area contributed by atoms with E-state index in [4.69, 9.17) is 27.9 Å². The Bertz CT molecular complexity index is 420. The molecule has 1 atom stereocenters. The maximum Gasteiger partial charge on any atom is 0.0641 e. The van der Waals surface area contributed by atoms with Crippen LogP contribution in [-0.2, 0) is 11.3 Å². The molecule has 0 radical (unpaired) electrons. The van der Waals surface area contributed by atoms with Crippen LogP contribution in [-0.4, -0.2) is 18.2 Å². The van der Waals surface area contributed by atoms with Crippen LogP contribution in [0.25, 0.3) is 0 Å². The molecule has 1 aromatic rings. The van der Waals surface area contributed by atoms with Gasteiger partial charge in [-0.05, 0) is 50.5 Å². The van der Waals surface area contributed by atoms with E-state index in [1.807, 2.05) is 18.2 Å². The van der Waals surface area contributed by atoms with Gasteiger partial charge in [0.25, 0.3) is 0 Å². The van der Waals surface area contributed by atoms with Crippen LogP contribution < -0.4 is 5.32 Å². The summed E-state index contributed by atoms with van der Waals surface area (Å²) in [5.74, 6) is 0. The van der Waals surface area contributed by atoms with E-state index >= 15 is 0 Å². The van der Waals surface area contributed by atoms with Crippen molar-refractivity contribution in [3.05, 3.63) is 33.8 Å². The molecule has 2 rings (SSSR count). The minimum atomic E-state index is -0.0337. The molecule has 1 aliphatic rings. The summed E-state index contributed by atoms with van der Waals surface area (Å²) in [5, 5.41) is 5.03. The van der Waals surface area contributed by atoms with Gasteiger partial charge >= 0.3 is 0 Å². The van der Waals surface area contributed by atoms with Gasteiger partial charge in [-0.1, -0.05) is 23.2 Å². The molecule has 0 amide bonds. The molecule has 1 unspecified atom stereocenters. The van der Waals surface area contributed by atoms with Gasteiger partial charge < -0.3 is 10.1 Å². The van der Waals surface area contributed by atoms with Crippen LogP contribution in [0.1, 0.15) is 32.3 Å². The average molecular weight is 288 g/mol. The summed E-state index contributed by atoms with van der Waals surface area (Å²) < 4.78 is 5.70. The normalized spacial score (nSPS) is 23.0. The molecule has 1 heterocycles. The maximum atomic E-state index is 6.15. The number of hydrogen-bond acceptors (Lipinski definition) is 2. The van der Waals surface area contributed by atoms with Crippen molar-refractivity contribution in [2.45, 2.75) is 44.9 Å². The summed E-state index contributed by atoms with van der Waals surface area (Å²) in [6.07, 6.45) is 2.06. The van der Waals surface area contributed by atoms with Crippen molar-refractivity contribution in [3.8, 4) is 0 Å². The molecule has 1 aliphatic heterocycles. The first-order chi connectivity index (χ1) is 8.46. The second-order valence-corrected chi connectivity index (χ2v) is 6.26. The third-order valence-corrected chi connectivity index (χ3v) is 3.89. The molecule has 0 spiro atoms.